The second kappa shape index (κ2) is 42.9. The van der Waals surface area contributed by atoms with Gasteiger partial charge in [0.2, 0.25) is 35.4 Å². The number of hydrogen-bond donors (Lipinski definition) is 17. The van der Waals surface area contributed by atoms with Gasteiger partial charge in [-0.15, -0.1) is 0 Å². The smallest absolute Gasteiger partial charge is 0.326 e. The number of rotatable bonds is 43. The van der Waals surface area contributed by atoms with E-state index in [1.807, 2.05) is 5.32 Å². The highest BCUT2D eigenvalue weighted by Gasteiger charge is 2.32. The van der Waals surface area contributed by atoms with Crippen LogP contribution < -0.4 is 42.5 Å². The highest BCUT2D eigenvalue weighted by molar-refractivity contribution is 5.95. The molecule has 0 aromatic rings. The van der Waals surface area contributed by atoms with Gasteiger partial charge in [0.1, 0.15) is 30.2 Å². The van der Waals surface area contributed by atoms with Crippen molar-refractivity contribution in [3.63, 3.8) is 0 Å². The molecule has 37 nitrogen and oxygen atoms in total. The van der Waals surface area contributed by atoms with Gasteiger partial charge in [0.25, 0.3) is 0 Å². The van der Waals surface area contributed by atoms with Gasteiger partial charge in [0.15, 0.2) is 0 Å². The average Bonchev–Trinajstić information content (AvgIpc) is 3.46. The van der Waals surface area contributed by atoms with E-state index in [1.165, 1.54) is 0 Å². The number of urea groups is 1. The van der Waals surface area contributed by atoms with Gasteiger partial charge in [-0.1, -0.05) is 0 Å². The van der Waals surface area contributed by atoms with Gasteiger partial charge in [0, 0.05) is 111 Å². The molecule has 1 heterocycles. The molecule has 37 heteroatoms. The first-order valence-electron chi connectivity index (χ1n) is 28.1. The molecule has 1 rings (SSSR count). The summed E-state index contributed by atoms with van der Waals surface area (Å²) in [6.07, 6.45) is -5.08. The van der Waals surface area contributed by atoms with E-state index in [1.54, 1.807) is 19.6 Å². The third-order valence-corrected chi connectivity index (χ3v) is 13.1. The van der Waals surface area contributed by atoms with E-state index in [4.69, 9.17) is 5.11 Å². The molecule has 5 atom stereocenters. The summed E-state index contributed by atoms with van der Waals surface area (Å²) in [5, 5.41) is 103. The van der Waals surface area contributed by atoms with Crippen molar-refractivity contribution in [2.75, 3.05) is 98.2 Å². The van der Waals surface area contributed by atoms with Crippen LogP contribution in [0, 0.1) is 0 Å². The number of carbonyl (C=O) groups excluding carboxylic acids is 7. The van der Waals surface area contributed by atoms with Crippen LogP contribution in [0.25, 0.3) is 0 Å². The Kier molecular flexibility index (Phi) is 37.6. The summed E-state index contributed by atoms with van der Waals surface area (Å²) in [7, 11) is 0. The number of carboxylic acids is 9. The van der Waals surface area contributed by atoms with E-state index in [-0.39, 0.29) is 143 Å². The minimum absolute atomic E-state index is 0.00595. The Hall–Kier alpha value is -8.84. The number of unbranched alkanes of at least 4 members (excludes halogenated alkanes) is 1. The predicted molar refractivity (Wildman–Crippen MR) is 298 cm³/mol. The molecule has 1 saturated heterocycles. The van der Waals surface area contributed by atoms with Gasteiger partial charge in [-0.2, -0.15) is 0 Å². The summed E-state index contributed by atoms with van der Waals surface area (Å²) in [5.74, 6) is -17.0. The maximum Gasteiger partial charge on any atom is 0.326 e. The lowest BCUT2D eigenvalue weighted by Crippen LogP contribution is -2.57. The highest BCUT2D eigenvalue weighted by atomic mass is 16.4. The fourth-order valence-electron chi connectivity index (χ4n) is 8.46. The Labute approximate surface area is 503 Å². The van der Waals surface area contributed by atoms with Crippen molar-refractivity contribution in [2.45, 2.75) is 127 Å². The summed E-state index contributed by atoms with van der Waals surface area (Å²) < 4.78 is 0. The summed E-state index contributed by atoms with van der Waals surface area (Å²) >= 11 is 0. The molecule has 17 N–H and O–H groups in total. The Morgan fingerprint density at radius 3 is 0.989 bits per heavy atom. The molecular formula is C51H82N12O25. The van der Waals surface area contributed by atoms with E-state index >= 15 is 0 Å². The Balaban J connectivity index is 2.91. The Morgan fingerprint density at radius 1 is 0.284 bits per heavy atom. The zero-order valence-corrected chi connectivity index (χ0v) is 48.4. The maximum atomic E-state index is 13.7. The third kappa shape index (κ3) is 37.6. The lowest BCUT2D eigenvalue weighted by Gasteiger charge is -2.32. The summed E-state index contributed by atoms with van der Waals surface area (Å²) in [6, 6.07) is -9.21. The number of carboxylic acid groups (broad SMARTS) is 9. The van der Waals surface area contributed by atoms with Crippen molar-refractivity contribution in [1.29, 1.82) is 0 Å². The van der Waals surface area contributed by atoms with Crippen LogP contribution in [0.3, 0.4) is 0 Å². The standard InChI is InChI=1S/C51H82N12O25/c64-36(52-16-2-1-5-34(49(84)85)58-51(88)59-35(50(86)87)11-15-42(73)74)6-3-18-54-46(81)31(8-12-39(67)68)56-48(83)33(10-14-41(71)72)57-47(82)32(9-13-40(69)70)55-37(65)7-4-17-53-38(66)27-60-19-21-61(28-43(75)76)23-25-63(30-45(79)80)26-24-62(22-20-60)29-44(77)78/h31-35H,1-30H2,(H,52,64)(H,53,66)(H,54,81)(H,55,65)(H,56,83)(H,57,82)(H,67,68)(H,69,70)(H,71,72)(H,73,74)(H,75,76)(H,77,78)(H,79,80)(H,84,85)(H,86,87)(H2,58,59,88). The van der Waals surface area contributed by atoms with Crippen LogP contribution in [0.1, 0.15) is 96.3 Å². The predicted octanol–water partition coefficient (Wildman–Crippen LogP) is -5.34. The quantitative estimate of drug-likeness (QED) is 0.0254. The van der Waals surface area contributed by atoms with Crippen molar-refractivity contribution in [1.82, 2.24) is 62.1 Å². The number of hydrogen-bond acceptors (Lipinski definition) is 20. The van der Waals surface area contributed by atoms with Crippen LogP contribution in [-0.4, -0.2) is 289 Å². The summed E-state index contributed by atoms with van der Waals surface area (Å²) in [5.41, 5.74) is 0. The highest BCUT2D eigenvalue weighted by Crippen LogP contribution is 2.09. The number of nitrogens with one attached hydrogen (secondary N) is 8. The number of aliphatic carboxylic acids is 9. The fraction of sp³-hybridized carbons (Fsp3) is 0.686. The van der Waals surface area contributed by atoms with Gasteiger partial charge < -0.3 is 88.5 Å². The van der Waals surface area contributed by atoms with E-state index in [0.717, 1.165) is 0 Å². The first-order valence-corrected chi connectivity index (χ1v) is 28.1. The molecular weight excluding hydrogens is 1180 g/mol. The van der Waals surface area contributed by atoms with Crippen molar-refractivity contribution in [3.05, 3.63) is 0 Å². The van der Waals surface area contributed by atoms with Crippen LogP contribution in [-0.2, 0) is 71.9 Å². The van der Waals surface area contributed by atoms with Gasteiger partial charge in [-0.25, -0.2) is 14.4 Å². The van der Waals surface area contributed by atoms with Crippen molar-refractivity contribution in [3.8, 4) is 0 Å². The van der Waals surface area contributed by atoms with E-state index in [0.29, 0.717) is 0 Å². The minimum atomic E-state index is -1.75. The van der Waals surface area contributed by atoms with Crippen LogP contribution in [0.5, 0.6) is 0 Å². The monoisotopic (exact) mass is 1260 g/mol. The molecule has 1 aliphatic heterocycles. The van der Waals surface area contributed by atoms with Gasteiger partial charge in [0.05, 0.1) is 26.2 Å². The molecule has 1 aliphatic rings. The molecule has 8 amide bonds. The molecule has 1 fully saturated rings. The minimum Gasteiger partial charge on any atom is -0.481 e. The van der Waals surface area contributed by atoms with Gasteiger partial charge in [-0.05, 0) is 57.8 Å². The van der Waals surface area contributed by atoms with Crippen LogP contribution in [0.15, 0.2) is 0 Å². The van der Waals surface area contributed by atoms with Gasteiger partial charge in [-0.3, -0.25) is 81.9 Å². The lowest BCUT2D eigenvalue weighted by atomic mass is 10.1. The first-order chi connectivity index (χ1) is 41.4. The van der Waals surface area contributed by atoms with Crippen molar-refractivity contribution < 1.29 is 123 Å². The average molecular weight is 1260 g/mol. The second-order valence-electron chi connectivity index (χ2n) is 20.4. The van der Waals surface area contributed by atoms with Crippen LogP contribution in [0.4, 0.5) is 4.79 Å². The maximum absolute atomic E-state index is 13.7. The molecule has 0 bridgehead atoms. The SMILES string of the molecule is O=C(O)CCC(NC(=O)NC(CCCCNC(=O)CCCNC(=O)C(CCC(=O)O)NC(=O)C(CCC(=O)O)NC(=O)C(CCC(=O)O)NC(=O)CCCNC(=O)CN1CCN(CC(=O)O)CCN(CC(=O)O)CCN(CC(=O)O)CC1)C(=O)O)C(=O)O. The van der Waals surface area contributed by atoms with Gasteiger partial charge >= 0.3 is 59.8 Å². The Morgan fingerprint density at radius 2 is 0.602 bits per heavy atom. The first kappa shape index (κ1) is 77.2. The fourth-order valence-corrected chi connectivity index (χ4v) is 8.46. The lowest BCUT2D eigenvalue weighted by molar-refractivity contribution is -0.141. The normalized spacial score (nSPS) is 15.3. The molecule has 0 aliphatic carbocycles. The topological polar surface area (TPSA) is 564 Å². The molecule has 0 radical (unpaired) electrons. The van der Waals surface area contributed by atoms with Crippen molar-refractivity contribution >= 4 is 95.2 Å². The summed E-state index contributed by atoms with van der Waals surface area (Å²) in [4.78, 5) is 201. The molecule has 5 unspecified atom stereocenters. The zero-order valence-electron chi connectivity index (χ0n) is 48.4. The molecule has 0 aromatic carbocycles. The Bertz CT molecular complexity index is 2380. The molecule has 88 heavy (non-hydrogen) atoms. The molecule has 0 aromatic heterocycles. The largest absolute Gasteiger partial charge is 0.481 e. The molecule has 496 valence electrons. The molecule has 0 spiro atoms. The van der Waals surface area contributed by atoms with E-state index < -0.39 is 177 Å². The van der Waals surface area contributed by atoms with Crippen molar-refractivity contribution in [2.24, 2.45) is 0 Å². The molecule has 0 saturated carbocycles. The van der Waals surface area contributed by atoms with Crippen LogP contribution in [0.2, 0.25) is 0 Å². The van der Waals surface area contributed by atoms with E-state index in [2.05, 4.69) is 37.2 Å². The summed E-state index contributed by atoms with van der Waals surface area (Å²) in [6.45, 7) is -0.372. The number of nitrogens with zero attached hydrogens (tertiary/aromatic N) is 4. The zero-order chi connectivity index (χ0) is 66.3. The second-order valence-corrected chi connectivity index (χ2v) is 20.4. The third-order valence-electron chi connectivity index (χ3n) is 13.1. The van der Waals surface area contributed by atoms with E-state index in [9.17, 15) is 118 Å². The number of carbonyl (C=O) groups is 16. The van der Waals surface area contributed by atoms with Crippen LogP contribution >= 0.6 is 0 Å². The number of amides is 8.